The zero-order chi connectivity index (χ0) is 19.8. The van der Waals surface area contributed by atoms with E-state index < -0.39 is 5.60 Å². The molecule has 0 heterocycles. The van der Waals surface area contributed by atoms with Crippen molar-refractivity contribution < 1.29 is 14.6 Å². The Labute approximate surface area is 172 Å². The number of carbonyl (C=O) groups is 1. The van der Waals surface area contributed by atoms with Gasteiger partial charge in [-0.3, -0.25) is 4.79 Å². The summed E-state index contributed by atoms with van der Waals surface area (Å²) in [4.78, 5) is 12.8. The van der Waals surface area contributed by atoms with E-state index >= 15 is 0 Å². The lowest BCUT2D eigenvalue weighted by Crippen LogP contribution is -2.61. The van der Waals surface area contributed by atoms with E-state index in [9.17, 15) is 9.90 Å². The summed E-state index contributed by atoms with van der Waals surface area (Å²) < 4.78 is 5.82. The average molecular weight is 392 g/mol. The topological polar surface area (TPSA) is 58.6 Å². The van der Waals surface area contributed by atoms with E-state index in [1.165, 1.54) is 5.56 Å². The van der Waals surface area contributed by atoms with Crippen LogP contribution in [-0.2, 0) is 6.42 Å². The molecule has 0 aromatic heterocycles. The lowest BCUT2D eigenvalue weighted by atomic mass is 9.52. The van der Waals surface area contributed by atoms with Crippen LogP contribution < -0.4 is 10.1 Å². The fourth-order valence-electron chi connectivity index (χ4n) is 6.09. The third-order valence-corrected chi connectivity index (χ3v) is 7.16. The molecule has 6 rings (SSSR count). The summed E-state index contributed by atoms with van der Waals surface area (Å²) in [7, 11) is 0. The second kappa shape index (κ2) is 7.49. The molecule has 4 nitrogen and oxygen atoms in total. The van der Waals surface area contributed by atoms with Gasteiger partial charge in [0.05, 0.1) is 12.2 Å². The highest BCUT2D eigenvalue weighted by molar-refractivity contribution is 5.94. The van der Waals surface area contributed by atoms with E-state index in [0.717, 1.165) is 44.3 Å². The number of nitrogens with one attached hydrogen (secondary N) is 1. The van der Waals surface area contributed by atoms with E-state index in [0.29, 0.717) is 29.9 Å². The van der Waals surface area contributed by atoms with E-state index in [1.807, 2.05) is 42.5 Å². The Bertz CT molecular complexity index is 847. The van der Waals surface area contributed by atoms with Crippen molar-refractivity contribution in [3.63, 3.8) is 0 Å². The minimum Gasteiger partial charge on any atom is -0.493 e. The van der Waals surface area contributed by atoms with Crippen LogP contribution in [0.4, 0.5) is 0 Å². The average Bonchev–Trinajstić information content (AvgIpc) is 2.71. The highest BCUT2D eigenvalue weighted by Gasteiger charge is 2.55. The van der Waals surface area contributed by atoms with E-state index in [1.54, 1.807) is 0 Å². The third-order valence-electron chi connectivity index (χ3n) is 7.16. The molecule has 4 bridgehead atoms. The van der Waals surface area contributed by atoms with Gasteiger partial charge < -0.3 is 15.2 Å². The number of hydrogen-bond acceptors (Lipinski definition) is 3. The Kier molecular flexibility index (Phi) is 4.83. The quantitative estimate of drug-likeness (QED) is 0.783. The van der Waals surface area contributed by atoms with Crippen molar-refractivity contribution in [2.45, 2.75) is 50.2 Å². The number of amides is 1. The number of benzene rings is 2. The maximum atomic E-state index is 12.8. The summed E-state index contributed by atoms with van der Waals surface area (Å²) >= 11 is 0. The molecule has 1 amide bonds. The lowest BCUT2D eigenvalue weighted by molar-refractivity contribution is -0.136. The Hall–Kier alpha value is -2.33. The second-order valence-electron chi connectivity index (χ2n) is 9.30. The first-order chi connectivity index (χ1) is 14.1. The molecule has 4 saturated carbocycles. The molecule has 2 aromatic carbocycles. The molecule has 4 fully saturated rings. The molecule has 0 saturated heterocycles. The normalized spacial score (nSPS) is 32.2. The highest BCUT2D eigenvalue weighted by atomic mass is 16.5. The molecule has 2 unspecified atom stereocenters. The second-order valence-corrected chi connectivity index (χ2v) is 9.30. The van der Waals surface area contributed by atoms with Gasteiger partial charge in [-0.25, -0.2) is 0 Å². The van der Waals surface area contributed by atoms with E-state index in [-0.39, 0.29) is 11.9 Å². The minimum absolute atomic E-state index is 0.00898. The van der Waals surface area contributed by atoms with Gasteiger partial charge in [-0.2, -0.15) is 0 Å². The number of rotatable bonds is 6. The first-order valence-electron chi connectivity index (χ1n) is 10.9. The van der Waals surface area contributed by atoms with Crippen molar-refractivity contribution in [2.75, 3.05) is 6.61 Å². The van der Waals surface area contributed by atoms with Gasteiger partial charge >= 0.3 is 0 Å². The predicted octanol–water partition coefficient (Wildman–Crippen LogP) is 3.98. The summed E-state index contributed by atoms with van der Waals surface area (Å²) in [6, 6.07) is 17.9. The maximum Gasteiger partial charge on any atom is 0.251 e. The molecule has 0 radical (unpaired) electrons. The van der Waals surface area contributed by atoms with Crippen LogP contribution in [0.5, 0.6) is 5.75 Å². The Morgan fingerprint density at radius 3 is 2.34 bits per heavy atom. The molecule has 29 heavy (non-hydrogen) atoms. The first-order valence-corrected chi connectivity index (χ1v) is 10.9. The largest absolute Gasteiger partial charge is 0.493 e. The fraction of sp³-hybridized carbons (Fsp3) is 0.480. The lowest BCUT2D eigenvalue weighted by Gasteiger charge is -2.58. The Morgan fingerprint density at radius 1 is 1.00 bits per heavy atom. The van der Waals surface area contributed by atoms with Gasteiger partial charge in [0.1, 0.15) is 5.75 Å². The molecule has 0 spiro atoms. The van der Waals surface area contributed by atoms with Gasteiger partial charge in [-0.05, 0) is 79.7 Å². The zero-order valence-corrected chi connectivity index (χ0v) is 16.7. The number of aliphatic hydroxyl groups is 1. The van der Waals surface area contributed by atoms with Crippen molar-refractivity contribution in [3.05, 3.63) is 65.7 Å². The summed E-state index contributed by atoms with van der Waals surface area (Å²) in [5.41, 5.74) is 1.47. The monoisotopic (exact) mass is 391 g/mol. The van der Waals surface area contributed by atoms with Crippen LogP contribution in [0.2, 0.25) is 0 Å². The van der Waals surface area contributed by atoms with Crippen molar-refractivity contribution in [2.24, 2.45) is 17.8 Å². The molecule has 4 aliphatic carbocycles. The molecule has 152 valence electrons. The van der Waals surface area contributed by atoms with Crippen molar-refractivity contribution in [1.82, 2.24) is 5.32 Å². The Balaban J connectivity index is 1.16. The summed E-state index contributed by atoms with van der Waals surface area (Å²) in [6.07, 6.45) is 5.82. The fourth-order valence-corrected chi connectivity index (χ4v) is 6.09. The standard InChI is InChI=1S/C25H29NO3/c27-24(26-23-20-12-18-13-21(23)16-25(28,14-18)15-20)19-6-8-22(9-7-19)29-11-10-17-4-2-1-3-5-17/h1-9,18,20-21,23,28H,10-16H2,(H,26,27). The summed E-state index contributed by atoms with van der Waals surface area (Å²) in [6.45, 7) is 0.616. The molecule has 2 aromatic rings. The van der Waals surface area contributed by atoms with Crippen LogP contribution in [0.1, 0.15) is 48.0 Å². The van der Waals surface area contributed by atoms with Gasteiger partial charge in [0.25, 0.3) is 5.91 Å². The minimum atomic E-state index is -0.462. The van der Waals surface area contributed by atoms with Gasteiger partial charge in [0, 0.05) is 18.0 Å². The molecule has 4 heteroatoms. The first kappa shape index (κ1) is 18.7. The van der Waals surface area contributed by atoms with Gasteiger partial charge in [0.2, 0.25) is 0 Å². The number of carbonyl (C=O) groups excluding carboxylic acids is 1. The SMILES string of the molecule is O=C(NC1C2CC3CC1CC(O)(C3)C2)c1ccc(OCCc2ccccc2)cc1. The van der Waals surface area contributed by atoms with E-state index in [4.69, 9.17) is 4.74 Å². The smallest absolute Gasteiger partial charge is 0.251 e. The van der Waals surface area contributed by atoms with Crippen LogP contribution >= 0.6 is 0 Å². The van der Waals surface area contributed by atoms with Crippen molar-refractivity contribution in [1.29, 1.82) is 0 Å². The van der Waals surface area contributed by atoms with Crippen molar-refractivity contribution in [3.8, 4) is 5.75 Å². The van der Waals surface area contributed by atoms with Gasteiger partial charge in [0.15, 0.2) is 0 Å². The predicted molar refractivity (Wildman–Crippen MR) is 112 cm³/mol. The molecular formula is C25H29NO3. The molecule has 2 N–H and O–H groups in total. The van der Waals surface area contributed by atoms with Gasteiger partial charge in [-0.15, -0.1) is 0 Å². The van der Waals surface area contributed by atoms with Crippen molar-refractivity contribution >= 4 is 5.91 Å². The molecule has 4 aliphatic rings. The number of hydrogen-bond donors (Lipinski definition) is 2. The van der Waals surface area contributed by atoms with Crippen LogP contribution in [0.25, 0.3) is 0 Å². The maximum absolute atomic E-state index is 12.8. The summed E-state index contributed by atoms with van der Waals surface area (Å²) in [5, 5.41) is 14.0. The van der Waals surface area contributed by atoms with Crippen LogP contribution in [-0.4, -0.2) is 29.3 Å². The molecular weight excluding hydrogens is 362 g/mol. The molecule has 2 atom stereocenters. The zero-order valence-electron chi connectivity index (χ0n) is 16.7. The van der Waals surface area contributed by atoms with Crippen LogP contribution in [0.3, 0.4) is 0 Å². The highest BCUT2D eigenvalue weighted by Crippen LogP contribution is 2.55. The van der Waals surface area contributed by atoms with Gasteiger partial charge in [-0.1, -0.05) is 30.3 Å². The summed E-state index contributed by atoms with van der Waals surface area (Å²) in [5.74, 6) is 2.28. The van der Waals surface area contributed by atoms with Crippen LogP contribution in [0, 0.1) is 17.8 Å². The Morgan fingerprint density at radius 2 is 1.69 bits per heavy atom. The number of ether oxygens (including phenoxy) is 1. The van der Waals surface area contributed by atoms with E-state index in [2.05, 4.69) is 17.4 Å². The van der Waals surface area contributed by atoms with Crippen LogP contribution in [0.15, 0.2) is 54.6 Å². The molecule has 0 aliphatic heterocycles. The third kappa shape index (κ3) is 3.91.